The van der Waals surface area contributed by atoms with Crippen molar-refractivity contribution in [3.05, 3.63) is 47.8 Å². The summed E-state index contributed by atoms with van der Waals surface area (Å²) < 4.78 is 5.07. The number of aromatic carboxylic acids is 1. The average Bonchev–Trinajstić information content (AvgIpc) is 2.47. The molecule has 3 N–H and O–H groups in total. The standard InChI is InChI=1S/C14H12N2O5/c1-21-12-3-2-8(14(19)20)5-11(12)16-13(18)9-4-10(17)7-15-6-9/h2-7,17H,1H3,(H,16,18)(H,19,20). The minimum Gasteiger partial charge on any atom is -0.506 e. The Balaban J connectivity index is 2.31. The number of amides is 1. The van der Waals surface area contributed by atoms with E-state index in [1.807, 2.05) is 0 Å². The number of anilines is 1. The Hall–Kier alpha value is -3.09. The first-order chi connectivity index (χ1) is 10.0. The number of carboxylic acids is 1. The molecule has 1 aromatic heterocycles. The van der Waals surface area contributed by atoms with Crippen LogP contribution in [0.1, 0.15) is 20.7 Å². The molecule has 0 bridgehead atoms. The van der Waals surface area contributed by atoms with Crippen molar-refractivity contribution in [1.29, 1.82) is 0 Å². The number of pyridine rings is 1. The van der Waals surface area contributed by atoms with Crippen LogP contribution in [0, 0.1) is 0 Å². The number of hydrogen-bond donors (Lipinski definition) is 3. The number of aromatic nitrogens is 1. The molecule has 0 saturated carbocycles. The molecule has 7 nitrogen and oxygen atoms in total. The van der Waals surface area contributed by atoms with E-state index in [4.69, 9.17) is 9.84 Å². The number of aromatic hydroxyl groups is 1. The van der Waals surface area contributed by atoms with E-state index in [-0.39, 0.29) is 22.6 Å². The van der Waals surface area contributed by atoms with Crippen LogP contribution in [0.4, 0.5) is 5.69 Å². The number of methoxy groups -OCH3 is 1. The van der Waals surface area contributed by atoms with Crippen molar-refractivity contribution in [3.8, 4) is 11.5 Å². The Morgan fingerprint density at radius 3 is 2.57 bits per heavy atom. The number of hydrogen-bond acceptors (Lipinski definition) is 5. The third-order valence-electron chi connectivity index (χ3n) is 2.68. The molecule has 0 saturated heterocycles. The maximum absolute atomic E-state index is 12.1. The van der Waals surface area contributed by atoms with Crippen LogP contribution in [0.25, 0.3) is 0 Å². The van der Waals surface area contributed by atoms with Gasteiger partial charge < -0.3 is 20.3 Å². The van der Waals surface area contributed by atoms with Crippen LogP contribution < -0.4 is 10.1 Å². The molecule has 0 aliphatic carbocycles. The molecule has 1 heterocycles. The van der Waals surface area contributed by atoms with Gasteiger partial charge in [0, 0.05) is 6.20 Å². The van der Waals surface area contributed by atoms with E-state index < -0.39 is 11.9 Å². The summed E-state index contributed by atoms with van der Waals surface area (Å²) in [6.45, 7) is 0. The molecule has 108 valence electrons. The maximum Gasteiger partial charge on any atom is 0.335 e. The zero-order valence-electron chi connectivity index (χ0n) is 11.0. The quantitative estimate of drug-likeness (QED) is 0.790. The lowest BCUT2D eigenvalue weighted by Crippen LogP contribution is -2.13. The van der Waals surface area contributed by atoms with Crippen LogP contribution >= 0.6 is 0 Å². The monoisotopic (exact) mass is 288 g/mol. The SMILES string of the molecule is COc1ccc(C(=O)O)cc1NC(=O)c1cncc(O)c1. The number of carbonyl (C=O) groups is 2. The molecular weight excluding hydrogens is 276 g/mol. The summed E-state index contributed by atoms with van der Waals surface area (Å²) in [5.74, 6) is -1.48. The van der Waals surface area contributed by atoms with Crippen molar-refractivity contribution in [2.45, 2.75) is 0 Å². The summed E-state index contributed by atoms with van der Waals surface area (Å²) in [4.78, 5) is 26.7. The molecular formula is C14H12N2O5. The smallest absolute Gasteiger partial charge is 0.335 e. The Bertz CT molecular complexity index is 700. The van der Waals surface area contributed by atoms with Gasteiger partial charge in [-0.05, 0) is 24.3 Å². The first-order valence-corrected chi connectivity index (χ1v) is 5.88. The second-order valence-electron chi connectivity index (χ2n) is 4.11. The van der Waals surface area contributed by atoms with Gasteiger partial charge in [0.25, 0.3) is 5.91 Å². The van der Waals surface area contributed by atoms with E-state index in [1.165, 1.54) is 43.8 Å². The topological polar surface area (TPSA) is 109 Å². The summed E-state index contributed by atoms with van der Waals surface area (Å²) >= 11 is 0. The molecule has 2 rings (SSSR count). The van der Waals surface area contributed by atoms with Crippen LogP contribution in [0.15, 0.2) is 36.7 Å². The third-order valence-corrected chi connectivity index (χ3v) is 2.68. The first-order valence-electron chi connectivity index (χ1n) is 5.88. The Morgan fingerprint density at radius 1 is 1.19 bits per heavy atom. The average molecular weight is 288 g/mol. The number of carbonyl (C=O) groups excluding carboxylic acids is 1. The maximum atomic E-state index is 12.1. The van der Waals surface area contributed by atoms with Gasteiger partial charge in [-0.1, -0.05) is 0 Å². The van der Waals surface area contributed by atoms with E-state index in [1.54, 1.807) is 0 Å². The summed E-state index contributed by atoms with van der Waals surface area (Å²) in [6.07, 6.45) is 2.48. The highest BCUT2D eigenvalue weighted by atomic mass is 16.5. The fourth-order valence-corrected chi connectivity index (χ4v) is 1.69. The minimum atomic E-state index is -1.12. The third kappa shape index (κ3) is 3.27. The number of nitrogens with one attached hydrogen (secondary N) is 1. The van der Waals surface area contributed by atoms with Crippen LogP contribution in [-0.4, -0.2) is 34.2 Å². The van der Waals surface area contributed by atoms with Gasteiger partial charge in [0.15, 0.2) is 0 Å². The van der Waals surface area contributed by atoms with Gasteiger partial charge >= 0.3 is 5.97 Å². The number of benzene rings is 1. The van der Waals surface area contributed by atoms with E-state index in [0.29, 0.717) is 5.75 Å². The van der Waals surface area contributed by atoms with Gasteiger partial charge in [-0.15, -0.1) is 0 Å². The van der Waals surface area contributed by atoms with Gasteiger partial charge in [-0.2, -0.15) is 0 Å². The lowest BCUT2D eigenvalue weighted by Gasteiger charge is -2.11. The number of rotatable bonds is 4. The Morgan fingerprint density at radius 2 is 1.95 bits per heavy atom. The van der Waals surface area contributed by atoms with Gasteiger partial charge in [-0.25, -0.2) is 4.79 Å². The molecule has 7 heteroatoms. The fraction of sp³-hybridized carbons (Fsp3) is 0.0714. The number of ether oxygens (including phenoxy) is 1. The largest absolute Gasteiger partial charge is 0.506 e. The van der Waals surface area contributed by atoms with Gasteiger partial charge in [-0.3, -0.25) is 9.78 Å². The zero-order valence-corrected chi connectivity index (χ0v) is 11.0. The minimum absolute atomic E-state index is 0.0140. The van der Waals surface area contributed by atoms with Gasteiger partial charge in [0.05, 0.1) is 30.1 Å². The van der Waals surface area contributed by atoms with E-state index in [0.717, 1.165) is 0 Å². The molecule has 0 aliphatic rings. The van der Waals surface area contributed by atoms with Crippen molar-refractivity contribution >= 4 is 17.6 Å². The second-order valence-corrected chi connectivity index (χ2v) is 4.11. The van der Waals surface area contributed by atoms with Crippen LogP contribution in [0.5, 0.6) is 11.5 Å². The number of nitrogens with zero attached hydrogens (tertiary/aromatic N) is 1. The highest BCUT2D eigenvalue weighted by Gasteiger charge is 2.13. The fourth-order valence-electron chi connectivity index (χ4n) is 1.69. The van der Waals surface area contributed by atoms with E-state index in [2.05, 4.69) is 10.3 Å². The molecule has 0 spiro atoms. The molecule has 1 amide bonds. The Labute approximate surface area is 119 Å². The Kier molecular flexibility index (Phi) is 4.03. The van der Waals surface area contributed by atoms with Crippen molar-refractivity contribution in [1.82, 2.24) is 4.98 Å². The van der Waals surface area contributed by atoms with Crippen LogP contribution in [-0.2, 0) is 0 Å². The highest BCUT2D eigenvalue weighted by molar-refractivity contribution is 6.05. The summed E-state index contributed by atoms with van der Waals surface area (Å²) in [5.41, 5.74) is 0.364. The van der Waals surface area contributed by atoms with Crippen molar-refractivity contribution < 1.29 is 24.5 Å². The molecule has 21 heavy (non-hydrogen) atoms. The summed E-state index contributed by atoms with van der Waals surface area (Å²) in [5, 5.41) is 20.8. The van der Waals surface area contributed by atoms with E-state index >= 15 is 0 Å². The summed E-state index contributed by atoms with van der Waals surface area (Å²) in [6, 6.07) is 5.34. The number of carboxylic acid groups (broad SMARTS) is 1. The molecule has 0 fully saturated rings. The van der Waals surface area contributed by atoms with E-state index in [9.17, 15) is 14.7 Å². The molecule has 1 aromatic carbocycles. The predicted molar refractivity (Wildman–Crippen MR) is 73.8 cm³/mol. The summed E-state index contributed by atoms with van der Waals surface area (Å²) in [7, 11) is 1.40. The molecule has 0 aliphatic heterocycles. The van der Waals surface area contributed by atoms with Crippen LogP contribution in [0.3, 0.4) is 0 Å². The predicted octanol–water partition coefficient (Wildman–Crippen LogP) is 1.75. The molecule has 0 radical (unpaired) electrons. The highest BCUT2D eigenvalue weighted by Crippen LogP contribution is 2.26. The zero-order chi connectivity index (χ0) is 15.4. The van der Waals surface area contributed by atoms with Gasteiger partial charge in [0.1, 0.15) is 11.5 Å². The normalized spacial score (nSPS) is 9.95. The lowest BCUT2D eigenvalue weighted by atomic mass is 10.1. The molecule has 0 unspecified atom stereocenters. The van der Waals surface area contributed by atoms with Crippen molar-refractivity contribution in [2.75, 3.05) is 12.4 Å². The molecule has 2 aromatic rings. The van der Waals surface area contributed by atoms with Crippen LogP contribution in [0.2, 0.25) is 0 Å². The molecule has 0 atom stereocenters. The lowest BCUT2D eigenvalue weighted by molar-refractivity contribution is 0.0696. The van der Waals surface area contributed by atoms with Crippen molar-refractivity contribution in [2.24, 2.45) is 0 Å². The van der Waals surface area contributed by atoms with Gasteiger partial charge in [0.2, 0.25) is 0 Å². The van der Waals surface area contributed by atoms with Crippen molar-refractivity contribution in [3.63, 3.8) is 0 Å². The second kappa shape index (κ2) is 5.91. The first kappa shape index (κ1) is 14.3.